The Balaban J connectivity index is 2.62. The van der Waals surface area contributed by atoms with Crippen LogP contribution in [0.3, 0.4) is 0 Å². The highest BCUT2D eigenvalue weighted by Crippen LogP contribution is 2.07. The van der Waals surface area contributed by atoms with Gasteiger partial charge in [-0.05, 0) is 0 Å². The summed E-state index contributed by atoms with van der Waals surface area (Å²) in [6.45, 7) is 0.829. The van der Waals surface area contributed by atoms with Crippen LogP contribution >= 0.6 is 0 Å². The standard InChI is InChI=1S/C7H11NO4S/c1-13(10,11)8-7(9)6-2-4-12-5-3-6/h2H,3-5H2,1H3,(H,8,9). The first-order valence-electron chi connectivity index (χ1n) is 3.78. The molecule has 1 rings (SSSR count). The minimum atomic E-state index is -3.45. The molecule has 0 atom stereocenters. The van der Waals surface area contributed by atoms with Crippen LogP contribution in [-0.2, 0) is 19.6 Å². The van der Waals surface area contributed by atoms with Crippen molar-refractivity contribution in [1.29, 1.82) is 0 Å². The van der Waals surface area contributed by atoms with Gasteiger partial charge < -0.3 is 4.74 Å². The molecule has 74 valence electrons. The van der Waals surface area contributed by atoms with Crippen LogP contribution in [0.25, 0.3) is 0 Å². The van der Waals surface area contributed by atoms with Gasteiger partial charge in [-0.3, -0.25) is 4.79 Å². The van der Waals surface area contributed by atoms with Gasteiger partial charge in [-0.2, -0.15) is 0 Å². The van der Waals surface area contributed by atoms with Gasteiger partial charge in [0.25, 0.3) is 5.91 Å². The van der Waals surface area contributed by atoms with E-state index in [0.29, 0.717) is 25.2 Å². The van der Waals surface area contributed by atoms with Crippen LogP contribution in [0.1, 0.15) is 6.42 Å². The molecular formula is C7H11NO4S. The van der Waals surface area contributed by atoms with E-state index in [-0.39, 0.29) is 0 Å². The third kappa shape index (κ3) is 3.56. The van der Waals surface area contributed by atoms with Crippen LogP contribution in [0.2, 0.25) is 0 Å². The minimum Gasteiger partial charge on any atom is -0.377 e. The van der Waals surface area contributed by atoms with Gasteiger partial charge in [-0.15, -0.1) is 0 Å². The number of amides is 1. The first-order chi connectivity index (χ1) is 5.99. The van der Waals surface area contributed by atoms with Crippen LogP contribution in [0.4, 0.5) is 0 Å². The predicted molar refractivity (Wildman–Crippen MR) is 46.5 cm³/mol. The third-order valence-electron chi connectivity index (χ3n) is 1.53. The van der Waals surface area contributed by atoms with Crippen molar-refractivity contribution in [2.75, 3.05) is 19.5 Å². The molecule has 0 aliphatic carbocycles. The summed E-state index contributed by atoms with van der Waals surface area (Å²) in [5.74, 6) is -0.550. The largest absolute Gasteiger partial charge is 0.377 e. The van der Waals surface area contributed by atoms with Crippen LogP contribution < -0.4 is 4.72 Å². The fourth-order valence-electron chi connectivity index (χ4n) is 0.967. The maximum atomic E-state index is 11.2. The number of carbonyl (C=O) groups excluding carboxylic acids is 1. The Morgan fingerprint density at radius 1 is 1.62 bits per heavy atom. The molecule has 0 radical (unpaired) electrons. The summed E-state index contributed by atoms with van der Waals surface area (Å²) in [5.41, 5.74) is 0.469. The van der Waals surface area contributed by atoms with E-state index < -0.39 is 15.9 Å². The lowest BCUT2D eigenvalue weighted by atomic mass is 10.1. The van der Waals surface area contributed by atoms with Gasteiger partial charge in [-0.1, -0.05) is 6.08 Å². The molecule has 0 unspecified atom stereocenters. The van der Waals surface area contributed by atoms with Gasteiger partial charge in [0.05, 0.1) is 19.5 Å². The molecule has 6 heteroatoms. The Bertz CT molecular complexity index is 330. The number of carbonyl (C=O) groups is 1. The summed E-state index contributed by atoms with van der Waals surface area (Å²) < 4.78 is 28.3. The predicted octanol–water partition coefficient (Wildman–Crippen LogP) is -0.591. The number of hydrogen-bond donors (Lipinski definition) is 1. The van der Waals surface area contributed by atoms with Crippen LogP contribution in [0.15, 0.2) is 11.6 Å². The molecule has 0 aromatic rings. The highest BCUT2D eigenvalue weighted by atomic mass is 32.2. The molecule has 0 aromatic carbocycles. The number of ether oxygens (including phenoxy) is 1. The fourth-order valence-corrected chi connectivity index (χ4v) is 1.44. The first kappa shape index (κ1) is 10.2. The third-order valence-corrected chi connectivity index (χ3v) is 2.09. The van der Waals surface area contributed by atoms with Gasteiger partial charge in [0.15, 0.2) is 0 Å². The first-order valence-corrected chi connectivity index (χ1v) is 5.67. The van der Waals surface area contributed by atoms with E-state index in [4.69, 9.17) is 4.74 Å². The molecule has 0 aromatic heterocycles. The molecule has 1 N–H and O–H groups in total. The molecule has 13 heavy (non-hydrogen) atoms. The highest BCUT2D eigenvalue weighted by molar-refractivity contribution is 7.89. The highest BCUT2D eigenvalue weighted by Gasteiger charge is 2.15. The Morgan fingerprint density at radius 2 is 2.31 bits per heavy atom. The zero-order valence-electron chi connectivity index (χ0n) is 7.24. The number of hydrogen-bond acceptors (Lipinski definition) is 4. The molecule has 0 saturated heterocycles. The summed E-state index contributed by atoms with van der Waals surface area (Å²) in [7, 11) is -3.45. The van der Waals surface area contributed by atoms with Crippen molar-refractivity contribution < 1.29 is 17.9 Å². The van der Waals surface area contributed by atoms with Gasteiger partial charge in [0.2, 0.25) is 10.0 Å². The van der Waals surface area contributed by atoms with E-state index >= 15 is 0 Å². The molecule has 1 aliphatic heterocycles. The van der Waals surface area contributed by atoms with Gasteiger partial charge in [0, 0.05) is 12.0 Å². The normalized spacial score (nSPS) is 17.8. The smallest absolute Gasteiger partial charge is 0.260 e. The van der Waals surface area contributed by atoms with E-state index in [2.05, 4.69) is 0 Å². The maximum absolute atomic E-state index is 11.2. The lowest BCUT2D eigenvalue weighted by molar-refractivity contribution is -0.116. The number of sulfonamides is 1. The number of nitrogens with one attached hydrogen (secondary N) is 1. The van der Waals surface area contributed by atoms with Crippen LogP contribution in [0.5, 0.6) is 0 Å². The van der Waals surface area contributed by atoms with Gasteiger partial charge >= 0.3 is 0 Å². The second-order valence-corrected chi connectivity index (χ2v) is 4.51. The molecular weight excluding hydrogens is 194 g/mol. The topological polar surface area (TPSA) is 72.5 Å². The number of rotatable bonds is 2. The quantitative estimate of drug-likeness (QED) is 0.654. The van der Waals surface area contributed by atoms with E-state index in [1.165, 1.54) is 0 Å². The SMILES string of the molecule is CS(=O)(=O)NC(=O)C1=CCOCC1. The van der Waals surface area contributed by atoms with Crippen molar-refractivity contribution in [1.82, 2.24) is 4.72 Å². The Labute approximate surface area is 76.8 Å². The summed E-state index contributed by atoms with van der Waals surface area (Å²) in [6, 6.07) is 0. The van der Waals surface area contributed by atoms with Gasteiger partial charge in [0.1, 0.15) is 0 Å². The van der Waals surface area contributed by atoms with Crippen molar-refractivity contribution in [2.24, 2.45) is 0 Å². The van der Waals surface area contributed by atoms with E-state index in [9.17, 15) is 13.2 Å². The van der Waals surface area contributed by atoms with Crippen molar-refractivity contribution in [3.8, 4) is 0 Å². The zero-order valence-corrected chi connectivity index (χ0v) is 8.06. The van der Waals surface area contributed by atoms with Crippen molar-refractivity contribution in [3.05, 3.63) is 11.6 Å². The Kier molecular flexibility index (Phi) is 3.05. The maximum Gasteiger partial charge on any atom is 0.260 e. The molecule has 0 saturated carbocycles. The lowest BCUT2D eigenvalue weighted by Gasteiger charge is -2.12. The summed E-state index contributed by atoms with van der Waals surface area (Å²) in [4.78, 5) is 11.2. The Morgan fingerprint density at radius 3 is 2.77 bits per heavy atom. The molecule has 0 spiro atoms. The molecule has 1 heterocycles. The monoisotopic (exact) mass is 205 g/mol. The lowest BCUT2D eigenvalue weighted by Crippen LogP contribution is -2.31. The molecule has 1 amide bonds. The summed E-state index contributed by atoms with van der Waals surface area (Å²) >= 11 is 0. The molecule has 0 fully saturated rings. The van der Waals surface area contributed by atoms with Crippen LogP contribution in [-0.4, -0.2) is 33.8 Å². The molecule has 0 bridgehead atoms. The zero-order chi connectivity index (χ0) is 9.90. The molecule has 1 aliphatic rings. The summed E-state index contributed by atoms with van der Waals surface area (Å²) in [5, 5.41) is 0. The fraction of sp³-hybridized carbons (Fsp3) is 0.571. The second-order valence-electron chi connectivity index (χ2n) is 2.76. The minimum absolute atomic E-state index is 0.368. The molecule has 5 nitrogen and oxygen atoms in total. The van der Waals surface area contributed by atoms with E-state index in [1.807, 2.05) is 4.72 Å². The van der Waals surface area contributed by atoms with E-state index in [1.54, 1.807) is 6.08 Å². The van der Waals surface area contributed by atoms with Crippen molar-refractivity contribution in [2.45, 2.75) is 6.42 Å². The van der Waals surface area contributed by atoms with E-state index in [0.717, 1.165) is 6.26 Å². The summed E-state index contributed by atoms with van der Waals surface area (Å²) in [6.07, 6.45) is 3.00. The average molecular weight is 205 g/mol. The van der Waals surface area contributed by atoms with Crippen LogP contribution in [0, 0.1) is 0 Å². The average Bonchev–Trinajstić information content (AvgIpc) is 2.03. The van der Waals surface area contributed by atoms with Gasteiger partial charge in [-0.25, -0.2) is 13.1 Å². The Hall–Kier alpha value is -0.880. The second kappa shape index (κ2) is 3.89. The van der Waals surface area contributed by atoms with Crippen molar-refractivity contribution in [3.63, 3.8) is 0 Å². The van der Waals surface area contributed by atoms with Crippen molar-refractivity contribution >= 4 is 15.9 Å².